The van der Waals surface area contributed by atoms with E-state index in [1.165, 1.54) is 36.4 Å². The number of benzene rings is 1. The van der Waals surface area contributed by atoms with Crippen molar-refractivity contribution in [2.45, 2.75) is 33.9 Å². The van der Waals surface area contributed by atoms with Gasteiger partial charge in [-0.05, 0) is 32.4 Å². The highest BCUT2D eigenvalue weighted by atomic mass is 16.5. The molecule has 3 aromatic rings. The quantitative estimate of drug-likeness (QED) is 0.448. The van der Waals surface area contributed by atoms with Crippen molar-refractivity contribution in [1.29, 1.82) is 0 Å². The molecule has 0 atom stereocenters. The maximum Gasteiger partial charge on any atom is 0.331 e. The first-order valence-corrected chi connectivity index (χ1v) is 9.87. The molecule has 0 aliphatic heterocycles. The summed E-state index contributed by atoms with van der Waals surface area (Å²) in [5.74, 6) is -0.571. The zero-order valence-corrected chi connectivity index (χ0v) is 18.4. The number of rotatable bonds is 6. The van der Waals surface area contributed by atoms with Crippen LogP contribution < -0.4 is 11.2 Å². The summed E-state index contributed by atoms with van der Waals surface area (Å²) in [7, 11) is 2.92. The van der Waals surface area contributed by atoms with Gasteiger partial charge in [-0.3, -0.25) is 18.6 Å². The Morgan fingerprint density at radius 1 is 1.06 bits per heavy atom. The molecule has 162 valence electrons. The van der Waals surface area contributed by atoms with E-state index in [1.54, 1.807) is 6.08 Å². The van der Waals surface area contributed by atoms with E-state index in [0.29, 0.717) is 12.2 Å². The van der Waals surface area contributed by atoms with Gasteiger partial charge in [0.2, 0.25) is 0 Å². The average molecular weight is 422 g/mol. The topological polar surface area (TPSA) is 88.1 Å². The fraction of sp³-hybridized carbons (Fsp3) is 0.304. The number of nitrogens with zero attached hydrogens (tertiary/aromatic N) is 4. The van der Waals surface area contributed by atoms with Crippen molar-refractivity contribution in [3.05, 3.63) is 91.0 Å². The van der Waals surface area contributed by atoms with Gasteiger partial charge >= 0.3 is 11.7 Å². The minimum atomic E-state index is -0.571. The highest BCUT2D eigenvalue weighted by Crippen LogP contribution is 2.17. The van der Waals surface area contributed by atoms with Crippen molar-refractivity contribution in [1.82, 2.24) is 18.9 Å². The fourth-order valence-electron chi connectivity index (χ4n) is 3.23. The van der Waals surface area contributed by atoms with Crippen molar-refractivity contribution >= 4 is 12.0 Å². The van der Waals surface area contributed by atoms with Crippen LogP contribution in [-0.4, -0.2) is 24.9 Å². The molecule has 0 radical (unpaired) electrons. The Morgan fingerprint density at radius 2 is 1.74 bits per heavy atom. The maximum atomic E-state index is 12.2. The van der Waals surface area contributed by atoms with Crippen molar-refractivity contribution in [3.8, 4) is 0 Å². The van der Waals surface area contributed by atoms with Crippen molar-refractivity contribution in [2.75, 3.05) is 0 Å². The van der Waals surface area contributed by atoms with Crippen molar-refractivity contribution in [2.24, 2.45) is 14.1 Å². The van der Waals surface area contributed by atoms with E-state index in [-0.39, 0.29) is 6.61 Å². The third-order valence-electron chi connectivity index (χ3n) is 5.26. The van der Waals surface area contributed by atoms with Gasteiger partial charge < -0.3 is 4.74 Å². The summed E-state index contributed by atoms with van der Waals surface area (Å²) < 4.78 is 9.39. The molecule has 0 spiro atoms. The third kappa shape index (κ3) is 4.91. The van der Waals surface area contributed by atoms with Crippen LogP contribution in [0.2, 0.25) is 0 Å². The Hall–Kier alpha value is -3.68. The highest BCUT2D eigenvalue weighted by Gasteiger charge is 2.11. The van der Waals surface area contributed by atoms with Gasteiger partial charge in [0.25, 0.3) is 5.56 Å². The Morgan fingerprint density at radius 3 is 2.42 bits per heavy atom. The molecule has 8 nitrogen and oxygen atoms in total. The SMILES string of the molecule is Cc1ccc(Cn2nc(C)c(/C=C/C(=O)OCc3cc(=O)n(C)c(=O)n3C)c2C)cc1. The summed E-state index contributed by atoms with van der Waals surface area (Å²) in [6.07, 6.45) is 3.00. The van der Waals surface area contributed by atoms with Crippen LogP contribution in [0.25, 0.3) is 6.08 Å². The number of hydrogen-bond donors (Lipinski definition) is 0. The summed E-state index contributed by atoms with van der Waals surface area (Å²) >= 11 is 0. The van der Waals surface area contributed by atoms with E-state index in [2.05, 4.69) is 29.4 Å². The number of carbonyl (C=O) groups excluding carboxylic acids is 1. The van der Waals surface area contributed by atoms with Gasteiger partial charge in [-0.15, -0.1) is 0 Å². The first-order valence-electron chi connectivity index (χ1n) is 9.87. The van der Waals surface area contributed by atoms with Gasteiger partial charge in [-0.25, -0.2) is 9.59 Å². The van der Waals surface area contributed by atoms with Crippen LogP contribution in [0, 0.1) is 20.8 Å². The van der Waals surface area contributed by atoms with Crippen LogP contribution in [-0.2, 0) is 36.8 Å². The molecular weight excluding hydrogens is 396 g/mol. The summed E-state index contributed by atoms with van der Waals surface area (Å²) in [6, 6.07) is 9.56. The monoisotopic (exact) mass is 422 g/mol. The van der Waals surface area contributed by atoms with E-state index in [9.17, 15) is 14.4 Å². The number of aryl methyl sites for hydroxylation is 2. The Bertz CT molecular complexity index is 1260. The van der Waals surface area contributed by atoms with Crippen LogP contribution in [0.1, 0.15) is 33.8 Å². The number of ether oxygens (including phenoxy) is 1. The molecule has 0 aliphatic carbocycles. The number of carbonyl (C=O) groups is 1. The summed E-state index contributed by atoms with van der Waals surface area (Å²) in [4.78, 5) is 35.9. The normalized spacial score (nSPS) is 11.3. The Labute approximate surface area is 180 Å². The highest BCUT2D eigenvalue weighted by molar-refractivity contribution is 5.87. The first-order chi connectivity index (χ1) is 14.7. The fourth-order valence-corrected chi connectivity index (χ4v) is 3.23. The zero-order chi connectivity index (χ0) is 22.7. The maximum absolute atomic E-state index is 12.2. The predicted octanol–water partition coefficient (Wildman–Crippen LogP) is 2.01. The van der Waals surface area contributed by atoms with E-state index in [0.717, 1.165) is 27.1 Å². The standard InChI is InChI=1S/C23H26N4O4/c1-15-6-8-18(9-7-15)13-27-17(3)20(16(2)24-27)10-11-22(29)31-14-19-12-21(28)26(5)23(30)25(19)4/h6-12H,13-14H2,1-5H3/b11-10+. The minimum absolute atomic E-state index is 0.171. The van der Waals surface area contributed by atoms with Gasteiger partial charge in [-0.2, -0.15) is 5.10 Å². The molecule has 0 aliphatic rings. The minimum Gasteiger partial charge on any atom is -0.456 e. The van der Waals surface area contributed by atoms with Crippen LogP contribution in [0.5, 0.6) is 0 Å². The van der Waals surface area contributed by atoms with Gasteiger partial charge in [0.15, 0.2) is 0 Å². The lowest BCUT2D eigenvalue weighted by Gasteiger charge is -2.09. The zero-order valence-electron chi connectivity index (χ0n) is 18.4. The number of hydrogen-bond acceptors (Lipinski definition) is 5. The number of esters is 1. The van der Waals surface area contributed by atoms with E-state index >= 15 is 0 Å². The second-order valence-electron chi connectivity index (χ2n) is 7.54. The molecule has 0 bridgehead atoms. The van der Waals surface area contributed by atoms with Crippen molar-refractivity contribution < 1.29 is 9.53 Å². The lowest BCUT2D eigenvalue weighted by atomic mass is 10.1. The largest absolute Gasteiger partial charge is 0.456 e. The molecule has 1 aromatic carbocycles. The molecule has 3 rings (SSSR count). The van der Waals surface area contributed by atoms with Gasteiger partial charge in [0, 0.05) is 37.5 Å². The smallest absolute Gasteiger partial charge is 0.331 e. The van der Waals surface area contributed by atoms with E-state index < -0.39 is 17.2 Å². The van der Waals surface area contributed by atoms with Crippen LogP contribution in [0.15, 0.2) is 46.0 Å². The molecule has 8 heteroatoms. The number of aromatic nitrogens is 4. The Balaban J connectivity index is 1.70. The molecule has 0 unspecified atom stereocenters. The second-order valence-corrected chi connectivity index (χ2v) is 7.54. The van der Waals surface area contributed by atoms with E-state index in [1.807, 2.05) is 25.5 Å². The van der Waals surface area contributed by atoms with Gasteiger partial charge in [-0.1, -0.05) is 29.8 Å². The second kappa shape index (κ2) is 8.99. The molecule has 0 saturated carbocycles. The molecule has 0 fully saturated rings. The van der Waals surface area contributed by atoms with Crippen LogP contribution in [0.4, 0.5) is 0 Å². The molecule has 2 aromatic heterocycles. The summed E-state index contributed by atoms with van der Waals surface area (Å²) in [5, 5.41) is 4.58. The van der Waals surface area contributed by atoms with E-state index in [4.69, 9.17) is 4.74 Å². The molecule has 0 saturated heterocycles. The molecule has 0 N–H and O–H groups in total. The van der Waals surface area contributed by atoms with Crippen LogP contribution >= 0.6 is 0 Å². The lowest BCUT2D eigenvalue weighted by Crippen LogP contribution is -2.38. The third-order valence-corrected chi connectivity index (χ3v) is 5.26. The van der Waals surface area contributed by atoms with Gasteiger partial charge in [0.1, 0.15) is 6.61 Å². The van der Waals surface area contributed by atoms with Gasteiger partial charge in [0.05, 0.1) is 17.9 Å². The predicted molar refractivity (Wildman–Crippen MR) is 118 cm³/mol. The van der Waals surface area contributed by atoms with Crippen LogP contribution in [0.3, 0.4) is 0 Å². The van der Waals surface area contributed by atoms with Crippen molar-refractivity contribution in [3.63, 3.8) is 0 Å². The Kier molecular flexibility index (Phi) is 6.39. The molecule has 2 heterocycles. The average Bonchev–Trinajstić information content (AvgIpc) is 3.00. The molecular formula is C23H26N4O4. The molecule has 0 amide bonds. The summed E-state index contributed by atoms with van der Waals surface area (Å²) in [5.41, 5.74) is 4.36. The molecule has 31 heavy (non-hydrogen) atoms. The summed E-state index contributed by atoms with van der Waals surface area (Å²) in [6.45, 7) is 6.36. The lowest BCUT2D eigenvalue weighted by molar-refractivity contribution is -0.139. The first kappa shape index (κ1) is 22.0.